The minimum atomic E-state index is 0.138. The molecule has 0 bridgehead atoms. The van der Waals surface area contributed by atoms with Gasteiger partial charge in [-0.05, 0) is 29.7 Å². The van der Waals surface area contributed by atoms with Crippen LogP contribution in [0.1, 0.15) is 22.0 Å². The lowest BCUT2D eigenvalue weighted by molar-refractivity contribution is 0.0815. The fraction of sp³-hybridized carbons (Fsp3) is 0.375. The average Bonchev–Trinajstić information content (AvgIpc) is 2.85. The van der Waals surface area contributed by atoms with Gasteiger partial charge in [-0.3, -0.25) is 4.90 Å². The van der Waals surface area contributed by atoms with Crippen LogP contribution in [-0.2, 0) is 17.7 Å². The Morgan fingerprint density at radius 3 is 3.00 bits per heavy atom. The zero-order valence-corrected chi connectivity index (χ0v) is 13.5. The van der Waals surface area contributed by atoms with E-state index in [1.807, 2.05) is 24.3 Å². The summed E-state index contributed by atoms with van der Waals surface area (Å²) in [6.45, 7) is 2.38. The Balaban J connectivity index is 1.87. The molecule has 0 unspecified atom stereocenters. The Labute approximate surface area is 133 Å². The average molecular weight is 324 g/mol. The highest BCUT2D eigenvalue weighted by Gasteiger charge is 2.27. The summed E-state index contributed by atoms with van der Waals surface area (Å²) < 4.78 is 5.41. The highest BCUT2D eigenvalue weighted by Crippen LogP contribution is 2.36. The van der Waals surface area contributed by atoms with E-state index < -0.39 is 0 Å². The third-order valence-electron chi connectivity index (χ3n) is 3.91. The van der Waals surface area contributed by atoms with Crippen molar-refractivity contribution in [3.8, 4) is 5.06 Å². The van der Waals surface area contributed by atoms with Gasteiger partial charge in [-0.25, -0.2) is 0 Å². The lowest BCUT2D eigenvalue weighted by atomic mass is 10.0. The smallest absolute Gasteiger partial charge is 0.171 e. The highest BCUT2D eigenvalue weighted by molar-refractivity contribution is 7.13. The quantitative estimate of drug-likeness (QED) is 0.927. The molecule has 0 saturated carbocycles. The molecule has 0 saturated heterocycles. The summed E-state index contributed by atoms with van der Waals surface area (Å²) in [5, 5.41) is 10.8. The van der Waals surface area contributed by atoms with Gasteiger partial charge in [0.05, 0.1) is 12.6 Å². The van der Waals surface area contributed by atoms with Gasteiger partial charge in [-0.15, -0.1) is 11.3 Å². The van der Waals surface area contributed by atoms with Crippen molar-refractivity contribution in [3.63, 3.8) is 0 Å². The van der Waals surface area contributed by atoms with Gasteiger partial charge in [0.15, 0.2) is 5.06 Å². The number of rotatable bonds is 4. The van der Waals surface area contributed by atoms with Crippen molar-refractivity contribution in [2.24, 2.45) is 0 Å². The Hall–Kier alpha value is -1.07. The summed E-state index contributed by atoms with van der Waals surface area (Å²) >= 11 is 7.85. The van der Waals surface area contributed by atoms with Crippen LogP contribution in [0.3, 0.4) is 0 Å². The molecule has 1 atom stereocenters. The van der Waals surface area contributed by atoms with Crippen molar-refractivity contribution >= 4 is 22.9 Å². The van der Waals surface area contributed by atoms with E-state index in [2.05, 4.69) is 11.0 Å². The van der Waals surface area contributed by atoms with Gasteiger partial charge < -0.3 is 9.84 Å². The van der Waals surface area contributed by atoms with Crippen molar-refractivity contribution in [1.82, 2.24) is 4.90 Å². The molecule has 0 aliphatic carbocycles. The first-order chi connectivity index (χ1) is 10.2. The van der Waals surface area contributed by atoms with Crippen LogP contribution in [0.15, 0.2) is 30.3 Å². The summed E-state index contributed by atoms with van der Waals surface area (Å²) in [6.07, 6.45) is 0.964. The molecule has 1 aliphatic heterocycles. The van der Waals surface area contributed by atoms with Crippen molar-refractivity contribution in [1.29, 1.82) is 0 Å². The van der Waals surface area contributed by atoms with Crippen LogP contribution in [0.2, 0.25) is 5.02 Å². The van der Waals surface area contributed by atoms with Gasteiger partial charge in [-0.2, -0.15) is 0 Å². The van der Waals surface area contributed by atoms with E-state index in [1.54, 1.807) is 7.11 Å². The normalized spacial score (nSPS) is 16.7. The predicted molar refractivity (Wildman–Crippen MR) is 86.2 cm³/mol. The molecule has 0 spiro atoms. The Morgan fingerprint density at radius 2 is 2.24 bits per heavy atom. The zero-order valence-electron chi connectivity index (χ0n) is 11.9. The van der Waals surface area contributed by atoms with Crippen LogP contribution in [-0.4, -0.2) is 30.3 Å². The number of ether oxygens (including phenoxy) is 1. The van der Waals surface area contributed by atoms with Gasteiger partial charge in [0.1, 0.15) is 0 Å². The van der Waals surface area contributed by atoms with Crippen LogP contribution in [0.25, 0.3) is 0 Å². The number of aromatic hydroxyl groups is 1. The number of hydrogen-bond donors (Lipinski definition) is 1. The largest absolute Gasteiger partial charge is 0.499 e. The van der Waals surface area contributed by atoms with E-state index >= 15 is 0 Å². The predicted octanol–water partition coefficient (Wildman–Crippen LogP) is 3.85. The maximum Gasteiger partial charge on any atom is 0.171 e. The molecule has 21 heavy (non-hydrogen) atoms. The van der Waals surface area contributed by atoms with Crippen LogP contribution in [0, 0.1) is 0 Å². The summed E-state index contributed by atoms with van der Waals surface area (Å²) in [6, 6.07) is 9.95. The summed E-state index contributed by atoms with van der Waals surface area (Å²) in [5.41, 5.74) is 2.32. The van der Waals surface area contributed by atoms with Gasteiger partial charge >= 0.3 is 0 Å². The van der Waals surface area contributed by atoms with E-state index in [0.29, 0.717) is 11.7 Å². The molecule has 2 heterocycles. The number of methoxy groups -OCH3 is 1. The summed E-state index contributed by atoms with van der Waals surface area (Å²) in [7, 11) is 1.72. The van der Waals surface area contributed by atoms with Crippen LogP contribution >= 0.6 is 22.9 Å². The lowest BCUT2D eigenvalue weighted by Gasteiger charge is -2.34. The number of hydrogen-bond acceptors (Lipinski definition) is 4. The second-order valence-electron chi connectivity index (χ2n) is 5.25. The van der Waals surface area contributed by atoms with Gasteiger partial charge in [0.25, 0.3) is 0 Å². The first kappa shape index (κ1) is 14.9. The van der Waals surface area contributed by atoms with E-state index in [0.717, 1.165) is 30.1 Å². The molecule has 1 aromatic carbocycles. The highest BCUT2D eigenvalue weighted by atomic mass is 35.5. The lowest BCUT2D eigenvalue weighted by Crippen LogP contribution is -2.35. The van der Waals surface area contributed by atoms with E-state index in [9.17, 15) is 5.11 Å². The van der Waals surface area contributed by atoms with Crippen LogP contribution in [0.5, 0.6) is 5.06 Å². The number of thiophene rings is 1. The van der Waals surface area contributed by atoms with Crippen molar-refractivity contribution in [2.45, 2.75) is 19.0 Å². The molecule has 0 fully saturated rings. The van der Waals surface area contributed by atoms with Gasteiger partial charge in [0.2, 0.25) is 0 Å². The van der Waals surface area contributed by atoms with Gasteiger partial charge in [0, 0.05) is 30.1 Å². The molecule has 2 aromatic rings. The molecule has 1 aromatic heterocycles. The maximum atomic E-state index is 9.67. The molecule has 112 valence electrons. The molecular formula is C16H18ClNO2S. The first-order valence-electron chi connectivity index (χ1n) is 6.97. The Kier molecular flexibility index (Phi) is 4.50. The van der Waals surface area contributed by atoms with E-state index in [-0.39, 0.29) is 6.04 Å². The van der Waals surface area contributed by atoms with Crippen LogP contribution in [0.4, 0.5) is 0 Å². The fourth-order valence-corrected chi connectivity index (χ4v) is 4.06. The molecule has 0 radical (unpaired) electrons. The third-order valence-corrected chi connectivity index (χ3v) is 5.30. The maximum absolute atomic E-state index is 9.67. The molecule has 0 amide bonds. The SMILES string of the molecule is COC[C@H](c1ccccc1Cl)N1CCc2sc(O)cc2C1. The van der Waals surface area contributed by atoms with Gasteiger partial charge in [-0.1, -0.05) is 29.8 Å². The molecule has 5 heteroatoms. The second-order valence-corrected chi connectivity index (χ2v) is 6.77. The monoisotopic (exact) mass is 323 g/mol. The second kappa shape index (κ2) is 6.36. The minimum absolute atomic E-state index is 0.138. The number of halogens is 1. The minimum Gasteiger partial charge on any atom is -0.499 e. The first-order valence-corrected chi connectivity index (χ1v) is 8.16. The number of nitrogens with zero attached hydrogens (tertiary/aromatic N) is 1. The Bertz CT molecular complexity index is 628. The van der Waals surface area contributed by atoms with Crippen molar-refractivity contribution < 1.29 is 9.84 Å². The topological polar surface area (TPSA) is 32.7 Å². The standard InChI is InChI=1S/C16H18ClNO2S/c1-20-10-14(12-4-2-3-5-13(12)17)18-7-6-15-11(9-18)8-16(19)21-15/h2-5,8,14,19H,6-7,9-10H2,1H3/t14-/m1/s1. The third kappa shape index (κ3) is 3.09. The van der Waals surface area contributed by atoms with Crippen molar-refractivity contribution in [2.75, 3.05) is 20.3 Å². The zero-order chi connectivity index (χ0) is 14.8. The van der Waals surface area contributed by atoms with Crippen molar-refractivity contribution in [3.05, 3.63) is 51.4 Å². The summed E-state index contributed by atoms with van der Waals surface area (Å²) in [5.74, 6) is 0. The Morgan fingerprint density at radius 1 is 1.43 bits per heavy atom. The molecule has 1 N–H and O–H groups in total. The fourth-order valence-electron chi connectivity index (χ4n) is 2.90. The van der Waals surface area contributed by atoms with E-state index in [1.165, 1.54) is 21.8 Å². The molecule has 1 aliphatic rings. The van der Waals surface area contributed by atoms with E-state index in [4.69, 9.17) is 16.3 Å². The van der Waals surface area contributed by atoms with Crippen LogP contribution < -0.4 is 0 Å². The molecular weight excluding hydrogens is 306 g/mol. The molecule has 3 nitrogen and oxygen atoms in total. The number of fused-ring (bicyclic) bond motifs is 1. The summed E-state index contributed by atoms with van der Waals surface area (Å²) in [4.78, 5) is 3.67. The molecule has 3 rings (SSSR count). The number of benzene rings is 1.